The molecule has 0 bridgehead atoms. The minimum absolute atomic E-state index is 0.0665. The normalized spacial score (nSPS) is 20.5. The number of amides is 1. The second-order valence-electron chi connectivity index (χ2n) is 3.42. The molecule has 1 aliphatic heterocycles. The van der Waals surface area contributed by atoms with Crippen LogP contribution in [0.4, 0.5) is 0 Å². The summed E-state index contributed by atoms with van der Waals surface area (Å²) in [7, 11) is 0. The van der Waals surface area contributed by atoms with Gasteiger partial charge in [-0.15, -0.1) is 0 Å². The summed E-state index contributed by atoms with van der Waals surface area (Å²) in [5.74, 6) is 0.0665. The van der Waals surface area contributed by atoms with Crippen molar-refractivity contribution in [3.63, 3.8) is 0 Å². The van der Waals surface area contributed by atoms with Crippen LogP contribution in [0.15, 0.2) is 0 Å². The number of hydrogen-bond acceptors (Lipinski definition) is 3. The topological polar surface area (TPSA) is 49.8 Å². The summed E-state index contributed by atoms with van der Waals surface area (Å²) in [6.45, 7) is 4.06. The van der Waals surface area contributed by atoms with Gasteiger partial charge in [0.2, 0.25) is 5.91 Å². The first-order chi connectivity index (χ1) is 6.20. The maximum Gasteiger partial charge on any atom is 0.248 e. The summed E-state index contributed by atoms with van der Waals surface area (Å²) in [6.07, 6.45) is 1.35. The summed E-state index contributed by atoms with van der Waals surface area (Å²) in [6, 6.07) is 0. The van der Waals surface area contributed by atoms with Gasteiger partial charge in [-0.05, 0) is 19.8 Å². The predicted molar refractivity (Wildman–Crippen MR) is 48.3 cm³/mol. The Kier molecular flexibility index (Phi) is 4.18. The Hall–Kier alpha value is -0.610. The molecule has 1 atom stereocenters. The average molecular weight is 187 g/mol. The van der Waals surface area contributed by atoms with Crippen LogP contribution in [-0.2, 0) is 9.53 Å². The van der Waals surface area contributed by atoms with Crippen LogP contribution in [0, 0.1) is 0 Å². The van der Waals surface area contributed by atoms with E-state index in [1.165, 1.54) is 0 Å². The van der Waals surface area contributed by atoms with Crippen LogP contribution in [0.3, 0.4) is 0 Å². The van der Waals surface area contributed by atoms with Crippen LogP contribution in [0.2, 0.25) is 0 Å². The van der Waals surface area contributed by atoms with Crippen molar-refractivity contribution in [3.05, 3.63) is 0 Å². The van der Waals surface area contributed by atoms with Gasteiger partial charge in [0.25, 0.3) is 0 Å². The van der Waals surface area contributed by atoms with Crippen molar-refractivity contribution in [2.24, 2.45) is 0 Å². The fourth-order valence-corrected chi connectivity index (χ4v) is 1.36. The van der Waals surface area contributed by atoms with Crippen LogP contribution in [0.25, 0.3) is 0 Å². The van der Waals surface area contributed by atoms with E-state index in [9.17, 15) is 4.79 Å². The molecular weight excluding hydrogens is 170 g/mol. The molecule has 76 valence electrons. The zero-order valence-corrected chi connectivity index (χ0v) is 8.03. The molecule has 0 spiro atoms. The van der Waals surface area contributed by atoms with Crippen LogP contribution >= 0.6 is 0 Å². The molecule has 1 aliphatic rings. The van der Waals surface area contributed by atoms with Gasteiger partial charge in [-0.2, -0.15) is 0 Å². The lowest BCUT2D eigenvalue weighted by Gasteiger charge is -2.26. The first kappa shape index (κ1) is 10.5. The highest BCUT2D eigenvalue weighted by atomic mass is 16.5. The van der Waals surface area contributed by atoms with Crippen molar-refractivity contribution >= 4 is 5.91 Å². The lowest BCUT2D eigenvalue weighted by molar-refractivity contribution is -0.142. The Bertz CT molecular complexity index is 170. The third-order valence-corrected chi connectivity index (χ3v) is 2.13. The molecule has 1 saturated heterocycles. The van der Waals surface area contributed by atoms with E-state index in [-0.39, 0.29) is 18.6 Å². The zero-order valence-electron chi connectivity index (χ0n) is 8.03. The highest BCUT2D eigenvalue weighted by molar-refractivity contribution is 5.77. The number of rotatable bonds is 4. The molecule has 1 amide bonds. The molecule has 4 heteroatoms. The lowest BCUT2D eigenvalue weighted by atomic mass is 10.2. The van der Waals surface area contributed by atoms with Crippen molar-refractivity contribution in [2.75, 3.05) is 26.3 Å². The quantitative estimate of drug-likeness (QED) is 0.674. The number of carbonyl (C=O) groups excluding carboxylic acids is 1. The van der Waals surface area contributed by atoms with Crippen LogP contribution in [-0.4, -0.2) is 48.3 Å². The number of hydrogen-bond donors (Lipinski definition) is 1. The molecule has 1 heterocycles. The second-order valence-corrected chi connectivity index (χ2v) is 3.42. The van der Waals surface area contributed by atoms with Crippen LogP contribution in [0.1, 0.15) is 19.8 Å². The van der Waals surface area contributed by atoms with Gasteiger partial charge in [0.05, 0.1) is 12.7 Å². The first-order valence-electron chi connectivity index (χ1n) is 4.73. The number of aliphatic hydroxyl groups is 1. The van der Waals surface area contributed by atoms with Crippen LogP contribution in [0.5, 0.6) is 0 Å². The van der Waals surface area contributed by atoms with Crippen molar-refractivity contribution < 1.29 is 14.6 Å². The molecule has 4 nitrogen and oxygen atoms in total. The SMILES string of the molecule is CC(O)CCCN1CCOCC1=O. The maximum absolute atomic E-state index is 11.2. The third kappa shape index (κ3) is 3.74. The monoisotopic (exact) mass is 187 g/mol. The number of aliphatic hydroxyl groups excluding tert-OH is 1. The minimum Gasteiger partial charge on any atom is -0.393 e. The molecule has 1 rings (SSSR count). The largest absolute Gasteiger partial charge is 0.393 e. The number of morpholine rings is 1. The molecule has 0 radical (unpaired) electrons. The average Bonchev–Trinajstić information content (AvgIpc) is 2.08. The summed E-state index contributed by atoms with van der Waals surface area (Å²) in [5, 5.41) is 9.02. The van der Waals surface area contributed by atoms with E-state index in [2.05, 4.69) is 0 Å². The highest BCUT2D eigenvalue weighted by Gasteiger charge is 2.17. The van der Waals surface area contributed by atoms with Crippen molar-refractivity contribution in [1.29, 1.82) is 0 Å². The predicted octanol–water partition coefficient (Wildman–Crippen LogP) is 0.00620. The molecule has 1 unspecified atom stereocenters. The summed E-state index contributed by atoms with van der Waals surface area (Å²) in [4.78, 5) is 13.0. The molecule has 0 aliphatic carbocycles. The Morgan fingerprint density at radius 3 is 3.08 bits per heavy atom. The smallest absolute Gasteiger partial charge is 0.248 e. The third-order valence-electron chi connectivity index (χ3n) is 2.13. The van der Waals surface area contributed by atoms with E-state index in [0.29, 0.717) is 13.2 Å². The van der Waals surface area contributed by atoms with Crippen molar-refractivity contribution in [2.45, 2.75) is 25.9 Å². The summed E-state index contributed by atoms with van der Waals surface area (Å²) >= 11 is 0. The Balaban J connectivity index is 2.15. The molecule has 0 aromatic heterocycles. The van der Waals surface area contributed by atoms with Gasteiger partial charge in [-0.1, -0.05) is 0 Å². The molecule has 0 saturated carbocycles. The van der Waals surface area contributed by atoms with Gasteiger partial charge < -0.3 is 14.7 Å². The van der Waals surface area contributed by atoms with E-state index in [4.69, 9.17) is 9.84 Å². The molecule has 13 heavy (non-hydrogen) atoms. The molecule has 0 aromatic rings. The van der Waals surface area contributed by atoms with Gasteiger partial charge in [0, 0.05) is 13.1 Å². The van der Waals surface area contributed by atoms with E-state index in [1.54, 1.807) is 11.8 Å². The first-order valence-corrected chi connectivity index (χ1v) is 4.73. The summed E-state index contributed by atoms with van der Waals surface area (Å²) in [5.41, 5.74) is 0. The van der Waals surface area contributed by atoms with E-state index in [1.807, 2.05) is 0 Å². The lowest BCUT2D eigenvalue weighted by Crippen LogP contribution is -2.42. The Morgan fingerprint density at radius 2 is 2.46 bits per heavy atom. The van der Waals surface area contributed by atoms with E-state index in [0.717, 1.165) is 19.4 Å². The second kappa shape index (κ2) is 5.19. The van der Waals surface area contributed by atoms with Crippen molar-refractivity contribution in [1.82, 2.24) is 4.90 Å². The van der Waals surface area contributed by atoms with Gasteiger partial charge in [0.15, 0.2) is 0 Å². The number of carbonyl (C=O) groups is 1. The molecule has 1 fully saturated rings. The number of ether oxygens (including phenoxy) is 1. The Morgan fingerprint density at radius 1 is 1.69 bits per heavy atom. The maximum atomic E-state index is 11.2. The molecule has 0 aromatic carbocycles. The zero-order chi connectivity index (χ0) is 9.68. The van der Waals surface area contributed by atoms with Gasteiger partial charge in [-0.3, -0.25) is 4.79 Å². The molecular formula is C9H17NO3. The fraction of sp³-hybridized carbons (Fsp3) is 0.889. The summed E-state index contributed by atoms with van der Waals surface area (Å²) < 4.78 is 5.00. The molecule has 1 N–H and O–H groups in total. The minimum atomic E-state index is -0.267. The van der Waals surface area contributed by atoms with E-state index < -0.39 is 0 Å². The van der Waals surface area contributed by atoms with Gasteiger partial charge in [0.1, 0.15) is 6.61 Å². The van der Waals surface area contributed by atoms with Gasteiger partial charge >= 0.3 is 0 Å². The van der Waals surface area contributed by atoms with Crippen molar-refractivity contribution in [3.8, 4) is 0 Å². The number of nitrogens with zero attached hydrogens (tertiary/aromatic N) is 1. The fourth-order valence-electron chi connectivity index (χ4n) is 1.36. The Labute approximate surface area is 78.5 Å². The highest BCUT2D eigenvalue weighted by Crippen LogP contribution is 2.03. The van der Waals surface area contributed by atoms with E-state index >= 15 is 0 Å². The standard InChI is InChI=1S/C9H17NO3/c1-8(11)3-2-4-10-5-6-13-7-9(10)12/h8,11H,2-7H2,1H3. The van der Waals surface area contributed by atoms with Gasteiger partial charge in [-0.25, -0.2) is 0 Å². The van der Waals surface area contributed by atoms with Crippen LogP contribution < -0.4 is 0 Å².